The van der Waals surface area contributed by atoms with Crippen molar-refractivity contribution in [2.24, 2.45) is 7.05 Å². The zero-order chi connectivity index (χ0) is 13.3. The van der Waals surface area contributed by atoms with Gasteiger partial charge in [0.2, 0.25) is 0 Å². The molecule has 0 aliphatic carbocycles. The molecule has 0 spiro atoms. The van der Waals surface area contributed by atoms with Crippen LogP contribution in [-0.4, -0.2) is 23.9 Å². The molecule has 4 heteroatoms. The molecule has 2 aromatic rings. The molecule has 0 fully saturated rings. The lowest BCUT2D eigenvalue weighted by molar-refractivity contribution is 0.413. The summed E-state index contributed by atoms with van der Waals surface area (Å²) in [5.41, 5.74) is 4.48. The molecular formula is C14H19N3O. The number of anilines is 1. The normalized spacial score (nSPS) is 10.5. The molecule has 18 heavy (non-hydrogen) atoms. The number of nitrogens with zero attached hydrogens (tertiary/aromatic N) is 2. The molecule has 0 amide bonds. The van der Waals surface area contributed by atoms with Crippen molar-refractivity contribution >= 4 is 5.82 Å². The minimum atomic E-state index is 0.855. The van der Waals surface area contributed by atoms with E-state index in [9.17, 15) is 0 Å². The third-order valence-corrected chi connectivity index (χ3v) is 3.03. The van der Waals surface area contributed by atoms with Crippen molar-refractivity contribution in [3.05, 3.63) is 29.3 Å². The first-order chi connectivity index (χ1) is 8.56. The van der Waals surface area contributed by atoms with Crippen molar-refractivity contribution in [1.82, 2.24) is 9.78 Å². The van der Waals surface area contributed by atoms with E-state index in [4.69, 9.17) is 4.74 Å². The number of hydrogen-bond acceptors (Lipinski definition) is 3. The van der Waals surface area contributed by atoms with E-state index in [-0.39, 0.29) is 0 Å². The van der Waals surface area contributed by atoms with Crippen LogP contribution < -0.4 is 10.1 Å². The van der Waals surface area contributed by atoms with E-state index in [1.165, 1.54) is 5.56 Å². The highest BCUT2D eigenvalue weighted by molar-refractivity contribution is 5.72. The molecule has 0 saturated carbocycles. The highest BCUT2D eigenvalue weighted by atomic mass is 16.5. The summed E-state index contributed by atoms with van der Waals surface area (Å²) in [6.07, 6.45) is 0. The molecule has 0 aliphatic rings. The van der Waals surface area contributed by atoms with Crippen LogP contribution in [0.1, 0.15) is 11.1 Å². The van der Waals surface area contributed by atoms with Gasteiger partial charge in [-0.2, -0.15) is 5.10 Å². The van der Waals surface area contributed by atoms with E-state index in [0.29, 0.717) is 0 Å². The zero-order valence-electron chi connectivity index (χ0n) is 11.5. The van der Waals surface area contributed by atoms with Gasteiger partial charge in [0.25, 0.3) is 0 Å². The number of aryl methyl sites for hydroxylation is 3. The van der Waals surface area contributed by atoms with Crippen LogP contribution in [0.2, 0.25) is 0 Å². The Bertz CT molecular complexity index is 573. The monoisotopic (exact) mass is 245 g/mol. The minimum absolute atomic E-state index is 0.855. The van der Waals surface area contributed by atoms with E-state index in [1.54, 1.807) is 7.11 Å². The number of rotatable bonds is 3. The fraction of sp³-hybridized carbons (Fsp3) is 0.357. The van der Waals surface area contributed by atoms with Crippen LogP contribution in [0.3, 0.4) is 0 Å². The van der Waals surface area contributed by atoms with Crippen molar-refractivity contribution in [1.29, 1.82) is 0 Å². The summed E-state index contributed by atoms with van der Waals surface area (Å²) < 4.78 is 7.39. The van der Waals surface area contributed by atoms with Crippen molar-refractivity contribution in [3.8, 4) is 17.0 Å². The predicted molar refractivity (Wildman–Crippen MR) is 74.2 cm³/mol. The Balaban J connectivity index is 2.65. The van der Waals surface area contributed by atoms with Crippen molar-refractivity contribution < 1.29 is 4.74 Å². The van der Waals surface area contributed by atoms with Gasteiger partial charge in [-0.3, -0.25) is 4.68 Å². The minimum Gasteiger partial charge on any atom is -0.496 e. The predicted octanol–water partition coefficient (Wildman–Crippen LogP) is 2.75. The summed E-state index contributed by atoms with van der Waals surface area (Å²) in [5.74, 6) is 1.76. The Kier molecular flexibility index (Phi) is 3.28. The van der Waals surface area contributed by atoms with Crippen molar-refractivity contribution in [2.45, 2.75) is 13.8 Å². The lowest BCUT2D eigenvalue weighted by Gasteiger charge is -2.12. The summed E-state index contributed by atoms with van der Waals surface area (Å²) in [7, 11) is 5.51. The molecular weight excluding hydrogens is 226 g/mol. The van der Waals surface area contributed by atoms with Crippen LogP contribution in [0.4, 0.5) is 5.82 Å². The molecule has 4 nitrogen and oxygen atoms in total. The molecule has 0 aliphatic heterocycles. The maximum absolute atomic E-state index is 5.52. The second-order valence-corrected chi connectivity index (χ2v) is 4.45. The van der Waals surface area contributed by atoms with E-state index < -0.39 is 0 Å². The van der Waals surface area contributed by atoms with Gasteiger partial charge in [-0.1, -0.05) is 6.07 Å². The van der Waals surface area contributed by atoms with Crippen molar-refractivity contribution in [3.63, 3.8) is 0 Å². The first-order valence-electron chi connectivity index (χ1n) is 5.94. The van der Waals surface area contributed by atoms with Crippen LogP contribution in [0, 0.1) is 13.8 Å². The van der Waals surface area contributed by atoms with Gasteiger partial charge in [0.05, 0.1) is 12.8 Å². The van der Waals surface area contributed by atoms with Crippen LogP contribution in [0.15, 0.2) is 18.2 Å². The molecule has 0 atom stereocenters. The van der Waals surface area contributed by atoms with E-state index in [1.807, 2.05) is 24.8 Å². The molecule has 96 valence electrons. The summed E-state index contributed by atoms with van der Waals surface area (Å²) >= 11 is 0. The average molecular weight is 245 g/mol. The number of nitrogens with one attached hydrogen (secondary N) is 1. The second kappa shape index (κ2) is 4.72. The van der Waals surface area contributed by atoms with Crippen LogP contribution in [0.5, 0.6) is 5.75 Å². The first-order valence-corrected chi connectivity index (χ1v) is 5.94. The molecule has 0 radical (unpaired) electrons. The number of benzene rings is 1. The van der Waals surface area contributed by atoms with Crippen LogP contribution in [-0.2, 0) is 7.05 Å². The van der Waals surface area contributed by atoms with Gasteiger partial charge in [-0.25, -0.2) is 0 Å². The van der Waals surface area contributed by atoms with E-state index in [2.05, 4.69) is 36.4 Å². The summed E-state index contributed by atoms with van der Waals surface area (Å²) in [4.78, 5) is 0. The Morgan fingerprint density at radius 2 is 1.94 bits per heavy atom. The van der Waals surface area contributed by atoms with Gasteiger partial charge >= 0.3 is 0 Å². The smallest absolute Gasteiger partial charge is 0.148 e. The fourth-order valence-electron chi connectivity index (χ4n) is 2.26. The number of hydrogen-bond donors (Lipinski definition) is 1. The highest BCUT2D eigenvalue weighted by Gasteiger charge is 2.14. The van der Waals surface area contributed by atoms with Crippen LogP contribution >= 0.6 is 0 Å². The largest absolute Gasteiger partial charge is 0.496 e. The number of aromatic nitrogens is 2. The molecule has 1 aromatic heterocycles. The maximum atomic E-state index is 5.52. The molecule has 1 heterocycles. The molecule has 2 rings (SSSR count). The Morgan fingerprint density at radius 3 is 2.50 bits per heavy atom. The Labute approximate surface area is 108 Å². The molecule has 1 N–H and O–H groups in total. The van der Waals surface area contributed by atoms with Gasteiger partial charge < -0.3 is 10.1 Å². The van der Waals surface area contributed by atoms with Gasteiger partial charge in [0.1, 0.15) is 11.6 Å². The third-order valence-electron chi connectivity index (χ3n) is 3.03. The van der Waals surface area contributed by atoms with E-state index >= 15 is 0 Å². The maximum Gasteiger partial charge on any atom is 0.148 e. The molecule has 0 unspecified atom stereocenters. The second-order valence-electron chi connectivity index (χ2n) is 4.45. The zero-order valence-corrected chi connectivity index (χ0v) is 11.5. The summed E-state index contributed by atoms with van der Waals surface area (Å²) in [5, 5.41) is 7.44. The standard InChI is InChI=1S/C14H19N3O/c1-9-6-10(2)14(18-5)11(7-9)12-8-13(15-3)16-17(12)4/h6-8H,1-5H3,(H,15,16). The number of methoxy groups -OCH3 is 1. The lowest BCUT2D eigenvalue weighted by Crippen LogP contribution is -1.98. The Morgan fingerprint density at radius 1 is 1.22 bits per heavy atom. The molecule has 1 aromatic carbocycles. The lowest BCUT2D eigenvalue weighted by atomic mass is 10.0. The van der Waals surface area contributed by atoms with Gasteiger partial charge in [0.15, 0.2) is 0 Å². The highest BCUT2D eigenvalue weighted by Crippen LogP contribution is 2.34. The molecule has 0 bridgehead atoms. The summed E-state index contributed by atoms with van der Waals surface area (Å²) in [6.45, 7) is 4.15. The topological polar surface area (TPSA) is 39.1 Å². The van der Waals surface area contributed by atoms with Gasteiger partial charge in [-0.05, 0) is 31.0 Å². The average Bonchev–Trinajstić information content (AvgIpc) is 2.69. The summed E-state index contributed by atoms with van der Waals surface area (Å²) in [6, 6.07) is 6.27. The van der Waals surface area contributed by atoms with Gasteiger partial charge in [0, 0.05) is 25.7 Å². The quantitative estimate of drug-likeness (QED) is 0.903. The Hall–Kier alpha value is -1.97. The SMILES string of the molecule is CNc1cc(-c2cc(C)cc(C)c2OC)n(C)n1. The number of ether oxygens (including phenoxy) is 1. The van der Waals surface area contributed by atoms with E-state index in [0.717, 1.165) is 28.4 Å². The van der Waals surface area contributed by atoms with Gasteiger partial charge in [-0.15, -0.1) is 0 Å². The fourth-order valence-corrected chi connectivity index (χ4v) is 2.26. The van der Waals surface area contributed by atoms with Crippen LogP contribution in [0.25, 0.3) is 11.3 Å². The molecule has 0 saturated heterocycles. The third kappa shape index (κ3) is 2.06. The van der Waals surface area contributed by atoms with Crippen molar-refractivity contribution in [2.75, 3.05) is 19.5 Å². The first kappa shape index (κ1) is 12.5.